The van der Waals surface area contributed by atoms with E-state index in [-0.39, 0.29) is 41.6 Å². The highest BCUT2D eigenvalue weighted by atomic mass is 19.1. The van der Waals surface area contributed by atoms with Crippen molar-refractivity contribution in [2.24, 2.45) is 0 Å². The zero-order chi connectivity index (χ0) is 21.1. The number of nitrogens with zero attached hydrogens (tertiary/aromatic N) is 1. The van der Waals surface area contributed by atoms with Crippen LogP contribution in [0.1, 0.15) is 30.1 Å². The van der Waals surface area contributed by atoms with Gasteiger partial charge < -0.3 is 10.1 Å². The summed E-state index contributed by atoms with van der Waals surface area (Å²) >= 11 is 0. The Labute approximate surface area is 164 Å². The summed E-state index contributed by atoms with van der Waals surface area (Å²) in [5, 5.41) is 2.21. The number of hydrogen-bond acceptors (Lipinski definition) is 5. The van der Waals surface area contributed by atoms with Gasteiger partial charge in [-0.05, 0) is 37.3 Å². The van der Waals surface area contributed by atoms with Crippen LogP contribution >= 0.6 is 0 Å². The first kappa shape index (κ1) is 20.1. The van der Waals surface area contributed by atoms with Gasteiger partial charge in [-0.25, -0.2) is 13.6 Å². The second-order valence-electron chi connectivity index (χ2n) is 6.33. The van der Waals surface area contributed by atoms with E-state index in [2.05, 4.69) is 5.32 Å². The third-order valence-electron chi connectivity index (χ3n) is 4.23. The maximum Gasteiger partial charge on any atom is 0.338 e. The summed E-state index contributed by atoms with van der Waals surface area (Å²) in [7, 11) is 0. The predicted octanol–water partition coefficient (Wildman–Crippen LogP) is 2.80. The Morgan fingerprint density at radius 1 is 1.07 bits per heavy atom. The van der Waals surface area contributed by atoms with Crippen LogP contribution in [0.2, 0.25) is 0 Å². The molecule has 29 heavy (non-hydrogen) atoms. The molecule has 2 aromatic rings. The maximum absolute atomic E-state index is 13.6. The molecule has 1 heterocycles. The number of amides is 3. The smallest absolute Gasteiger partial charge is 0.338 e. The Morgan fingerprint density at radius 3 is 2.41 bits per heavy atom. The number of esters is 1. The topological polar surface area (TPSA) is 92.8 Å². The molecular formula is C20H16F2N2O5. The molecule has 0 unspecified atom stereocenters. The standard InChI is InChI=1S/C20H16F2N2O5/c1-11(19(27)23-16-6-5-13(21)10-15(16)22)29-20(28)12-3-2-4-14(9-12)24-17(25)7-8-18(24)26/h2-6,9-11H,7-8H2,1H3,(H,23,27)/t11-/m1/s1. The quantitative estimate of drug-likeness (QED) is 0.613. The third kappa shape index (κ3) is 4.45. The SMILES string of the molecule is C[C@@H](OC(=O)c1cccc(N2C(=O)CCC2=O)c1)C(=O)Nc1ccc(F)cc1F. The fourth-order valence-electron chi connectivity index (χ4n) is 2.74. The molecule has 1 aliphatic rings. The summed E-state index contributed by atoms with van der Waals surface area (Å²) < 4.78 is 31.6. The van der Waals surface area contributed by atoms with Crippen molar-refractivity contribution in [3.63, 3.8) is 0 Å². The lowest BCUT2D eigenvalue weighted by molar-refractivity contribution is -0.124. The van der Waals surface area contributed by atoms with Gasteiger partial charge >= 0.3 is 5.97 Å². The number of nitrogens with one attached hydrogen (secondary N) is 1. The van der Waals surface area contributed by atoms with Crippen LogP contribution in [0.4, 0.5) is 20.2 Å². The van der Waals surface area contributed by atoms with Gasteiger partial charge in [0, 0.05) is 18.9 Å². The molecule has 1 atom stereocenters. The molecule has 3 rings (SSSR count). The monoisotopic (exact) mass is 402 g/mol. The zero-order valence-corrected chi connectivity index (χ0v) is 15.3. The van der Waals surface area contributed by atoms with E-state index < -0.39 is 29.6 Å². The van der Waals surface area contributed by atoms with Crippen molar-refractivity contribution in [2.75, 3.05) is 10.2 Å². The number of carbonyl (C=O) groups is 4. The van der Waals surface area contributed by atoms with Crippen molar-refractivity contribution in [3.05, 3.63) is 59.7 Å². The van der Waals surface area contributed by atoms with Crippen LogP contribution in [-0.4, -0.2) is 29.8 Å². The Hall–Kier alpha value is -3.62. The van der Waals surface area contributed by atoms with Crippen LogP contribution in [0.3, 0.4) is 0 Å². The molecule has 0 bridgehead atoms. The minimum atomic E-state index is -1.29. The zero-order valence-electron chi connectivity index (χ0n) is 15.3. The number of halogens is 2. The van der Waals surface area contributed by atoms with E-state index in [1.807, 2.05) is 0 Å². The van der Waals surface area contributed by atoms with Gasteiger partial charge in [-0.2, -0.15) is 0 Å². The average molecular weight is 402 g/mol. The fourth-order valence-corrected chi connectivity index (χ4v) is 2.74. The number of imide groups is 1. The van der Waals surface area contributed by atoms with Crippen molar-refractivity contribution >= 4 is 35.1 Å². The number of carbonyl (C=O) groups excluding carboxylic acids is 4. The van der Waals surface area contributed by atoms with E-state index in [1.165, 1.54) is 31.2 Å². The molecule has 1 saturated heterocycles. The Bertz CT molecular complexity index is 992. The van der Waals surface area contributed by atoms with Crippen molar-refractivity contribution in [1.82, 2.24) is 0 Å². The highest BCUT2D eigenvalue weighted by molar-refractivity contribution is 6.20. The number of rotatable bonds is 5. The van der Waals surface area contributed by atoms with E-state index >= 15 is 0 Å². The van der Waals surface area contributed by atoms with Crippen LogP contribution in [0.25, 0.3) is 0 Å². The molecule has 3 amide bonds. The van der Waals surface area contributed by atoms with Crippen molar-refractivity contribution in [3.8, 4) is 0 Å². The molecule has 0 spiro atoms. The summed E-state index contributed by atoms with van der Waals surface area (Å²) in [5.74, 6) is -4.18. The molecule has 1 aliphatic heterocycles. The van der Waals surface area contributed by atoms with E-state index in [9.17, 15) is 28.0 Å². The lowest BCUT2D eigenvalue weighted by atomic mass is 10.2. The van der Waals surface area contributed by atoms with Gasteiger partial charge in [0.15, 0.2) is 6.10 Å². The van der Waals surface area contributed by atoms with Crippen LogP contribution in [-0.2, 0) is 19.1 Å². The minimum absolute atomic E-state index is 0.0302. The Balaban J connectivity index is 1.68. The molecule has 1 N–H and O–H groups in total. The molecule has 0 saturated carbocycles. The summed E-state index contributed by atoms with van der Waals surface area (Å²) in [5.41, 5.74) is 0.00686. The Kier molecular flexibility index (Phi) is 5.67. The van der Waals surface area contributed by atoms with Gasteiger partial charge in [0.1, 0.15) is 11.6 Å². The van der Waals surface area contributed by atoms with E-state index in [1.54, 1.807) is 0 Å². The lowest BCUT2D eigenvalue weighted by Gasteiger charge is -2.16. The first-order valence-corrected chi connectivity index (χ1v) is 8.69. The summed E-state index contributed by atoms with van der Waals surface area (Å²) in [6.45, 7) is 1.28. The molecular weight excluding hydrogens is 386 g/mol. The van der Waals surface area contributed by atoms with Crippen LogP contribution in [0.15, 0.2) is 42.5 Å². The van der Waals surface area contributed by atoms with Gasteiger partial charge in [-0.15, -0.1) is 0 Å². The number of ether oxygens (including phenoxy) is 1. The fraction of sp³-hybridized carbons (Fsp3) is 0.200. The Morgan fingerprint density at radius 2 is 1.76 bits per heavy atom. The van der Waals surface area contributed by atoms with Crippen molar-refractivity contribution in [2.45, 2.75) is 25.9 Å². The average Bonchev–Trinajstić information content (AvgIpc) is 3.02. The minimum Gasteiger partial charge on any atom is -0.449 e. The molecule has 0 aromatic heterocycles. The van der Waals surface area contributed by atoms with E-state index in [0.717, 1.165) is 17.0 Å². The highest BCUT2D eigenvalue weighted by Gasteiger charge is 2.31. The normalized spacial score (nSPS) is 14.7. The van der Waals surface area contributed by atoms with Crippen LogP contribution in [0.5, 0.6) is 0 Å². The summed E-state index contributed by atoms with van der Waals surface area (Å²) in [6.07, 6.45) is -1.08. The van der Waals surface area contributed by atoms with Gasteiger partial charge in [-0.3, -0.25) is 19.3 Å². The maximum atomic E-state index is 13.6. The van der Waals surface area contributed by atoms with Gasteiger partial charge in [-0.1, -0.05) is 6.07 Å². The van der Waals surface area contributed by atoms with E-state index in [0.29, 0.717) is 6.07 Å². The number of benzene rings is 2. The largest absolute Gasteiger partial charge is 0.449 e. The molecule has 2 aromatic carbocycles. The van der Waals surface area contributed by atoms with E-state index in [4.69, 9.17) is 4.74 Å². The van der Waals surface area contributed by atoms with Gasteiger partial charge in [0.05, 0.1) is 16.9 Å². The summed E-state index contributed by atoms with van der Waals surface area (Å²) in [4.78, 5) is 49.1. The highest BCUT2D eigenvalue weighted by Crippen LogP contribution is 2.24. The number of hydrogen-bond donors (Lipinski definition) is 1. The van der Waals surface area contributed by atoms with Crippen molar-refractivity contribution in [1.29, 1.82) is 0 Å². The molecule has 150 valence electrons. The first-order valence-electron chi connectivity index (χ1n) is 8.69. The first-order chi connectivity index (χ1) is 13.8. The predicted molar refractivity (Wildman–Crippen MR) is 98.0 cm³/mol. The van der Waals surface area contributed by atoms with Crippen molar-refractivity contribution < 1.29 is 32.7 Å². The summed E-state index contributed by atoms with van der Waals surface area (Å²) in [6, 6.07) is 8.33. The van der Waals surface area contributed by atoms with Gasteiger partial charge in [0.2, 0.25) is 11.8 Å². The molecule has 0 radical (unpaired) electrons. The second kappa shape index (κ2) is 8.17. The van der Waals surface area contributed by atoms with Crippen LogP contribution in [0, 0.1) is 11.6 Å². The van der Waals surface area contributed by atoms with Crippen LogP contribution < -0.4 is 10.2 Å². The molecule has 9 heteroatoms. The molecule has 1 fully saturated rings. The number of anilines is 2. The lowest BCUT2D eigenvalue weighted by Crippen LogP contribution is -2.31. The van der Waals surface area contributed by atoms with Gasteiger partial charge in [0.25, 0.3) is 5.91 Å². The second-order valence-corrected chi connectivity index (χ2v) is 6.33. The molecule has 7 nitrogen and oxygen atoms in total. The third-order valence-corrected chi connectivity index (χ3v) is 4.23. The molecule has 0 aliphatic carbocycles.